The number of ether oxygens (including phenoxy) is 1. The van der Waals surface area contributed by atoms with Gasteiger partial charge in [-0.3, -0.25) is 19.7 Å². The van der Waals surface area contributed by atoms with E-state index in [0.29, 0.717) is 0 Å². The number of nitrogens with one attached hydrogen (secondary N) is 1. The molecule has 8 nitrogen and oxygen atoms in total. The van der Waals surface area contributed by atoms with Crippen molar-refractivity contribution in [2.24, 2.45) is 0 Å². The van der Waals surface area contributed by atoms with Crippen LogP contribution in [0.5, 0.6) is 0 Å². The lowest BCUT2D eigenvalue weighted by Crippen LogP contribution is -2.22. The highest BCUT2D eigenvalue weighted by atomic mass is 35.5. The molecule has 168 valence electrons. The first kappa shape index (κ1) is 23.8. The summed E-state index contributed by atoms with van der Waals surface area (Å²) in [5.74, 6) is -3.01. The second-order valence-electron chi connectivity index (χ2n) is 6.55. The van der Waals surface area contributed by atoms with Gasteiger partial charge in [-0.05, 0) is 36.4 Å². The number of ketones is 1. The lowest BCUT2D eigenvalue weighted by Gasteiger charge is -2.10. The molecule has 0 bridgehead atoms. The van der Waals surface area contributed by atoms with E-state index in [2.05, 4.69) is 5.32 Å². The first-order valence-corrected chi connectivity index (χ1v) is 9.92. The number of rotatable bonds is 7. The molecule has 3 aromatic rings. The van der Waals surface area contributed by atoms with E-state index in [4.69, 9.17) is 27.9 Å². The predicted molar refractivity (Wildman–Crippen MR) is 118 cm³/mol. The Hall–Kier alpha value is -3.82. The van der Waals surface area contributed by atoms with E-state index in [1.807, 2.05) is 0 Å². The second kappa shape index (κ2) is 10.2. The molecule has 1 amide bonds. The van der Waals surface area contributed by atoms with Crippen molar-refractivity contribution in [2.45, 2.75) is 0 Å². The lowest BCUT2D eigenvalue weighted by molar-refractivity contribution is -0.384. The van der Waals surface area contributed by atoms with Crippen molar-refractivity contribution in [1.82, 2.24) is 0 Å². The van der Waals surface area contributed by atoms with E-state index in [1.165, 1.54) is 48.5 Å². The smallest absolute Gasteiger partial charge is 0.339 e. The molecule has 3 aromatic carbocycles. The summed E-state index contributed by atoms with van der Waals surface area (Å²) in [7, 11) is 0. The van der Waals surface area contributed by atoms with Gasteiger partial charge in [-0.25, -0.2) is 9.18 Å². The van der Waals surface area contributed by atoms with Crippen LogP contribution in [-0.4, -0.2) is 29.2 Å². The molecule has 1 N–H and O–H groups in total. The van der Waals surface area contributed by atoms with Crippen LogP contribution in [-0.2, 0) is 9.53 Å². The van der Waals surface area contributed by atoms with Crippen LogP contribution in [0.15, 0.2) is 60.7 Å². The molecule has 0 aliphatic rings. The highest BCUT2D eigenvalue weighted by Gasteiger charge is 2.22. The van der Waals surface area contributed by atoms with Gasteiger partial charge >= 0.3 is 5.97 Å². The minimum Gasteiger partial charge on any atom is -0.452 e. The molecule has 0 heterocycles. The molecule has 33 heavy (non-hydrogen) atoms. The minimum absolute atomic E-state index is 0.0581. The fourth-order valence-electron chi connectivity index (χ4n) is 2.79. The Labute approximate surface area is 196 Å². The maximum Gasteiger partial charge on any atom is 0.339 e. The summed E-state index contributed by atoms with van der Waals surface area (Å²) in [6.07, 6.45) is 0. The molecule has 0 aromatic heterocycles. The largest absolute Gasteiger partial charge is 0.452 e. The van der Waals surface area contributed by atoms with Crippen LogP contribution in [0.2, 0.25) is 10.0 Å². The SMILES string of the molecule is O=C(COC(=O)c1ccccc1C(=O)c1ccc(Cl)c([N+](=O)[O-])c1)Nc1ccc(F)c(Cl)c1. The number of nitrogens with zero attached hydrogens (tertiary/aromatic N) is 1. The number of nitro groups is 1. The molecule has 0 unspecified atom stereocenters. The van der Waals surface area contributed by atoms with Crippen LogP contribution in [0.3, 0.4) is 0 Å². The van der Waals surface area contributed by atoms with E-state index in [1.54, 1.807) is 0 Å². The van der Waals surface area contributed by atoms with Gasteiger partial charge < -0.3 is 10.1 Å². The standard InChI is InChI=1S/C22H13Cl2FN2O6/c23-16-7-5-12(9-19(16)27(31)32)21(29)14-3-1-2-4-15(14)22(30)33-11-20(28)26-13-6-8-18(25)17(24)10-13/h1-10H,11H2,(H,26,28). The molecule has 0 aliphatic carbocycles. The average Bonchev–Trinajstić information content (AvgIpc) is 2.79. The number of hydrogen-bond acceptors (Lipinski definition) is 6. The normalized spacial score (nSPS) is 10.4. The third kappa shape index (κ3) is 5.71. The predicted octanol–water partition coefficient (Wildman–Crippen LogP) is 5.07. The molecule has 0 saturated carbocycles. The summed E-state index contributed by atoms with van der Waals surface area (Å²) in [5.41, 5.74) is -0.539. The quantitative estimate of drug-likeness (QED) is 0.214. The van der Waals surface area contributed by atoms with E-state index in [9.17, 15) is 28.9 Å². The van der Waals surface area contributed by atoms with Gasteiger partial charge in [0.05, 0.1) is 15.5 Å². The van der Waals surface area contributed by atoms with Gasteiger partial charge in [0, 0.05) is 22.9 Å². The molecular weight excluding hydrogens is 478 g/mol. The van der Waals surface area contributed by atoms with Gasteiger partial charge in [0.15, 0.2) is 12.4 Å². The fourth-order valence-corrected chi connectivity index (χ4v) is 3.16. The molecule has 0 saturated heterocycles. The van der Waals surface area contributed by atoms with Gasteiger partial charge in [0.2, 0.25) is 0 Å². The maximum absolute atomic E-state index is 13.2. The van der Waals surface area contributed by atoms with Crippen LogP contribution in [0.25, 0.3) is 0 Å². The van der Waals surface area contributed by atoms with Gasteiger partial charge in [0.1, 0.15) is 10.8 Å². The number of hydrogen-bond donors (Lipinski definition) is 1. The Morgan fingerprint density at radius 3 is 2.33 bits per heavy atom. The zero-order valence-corrected chi connectivity index (χ0v) is 18.0. The van der Waals surface area contributed by atoms with Crippen molar-refractivity contribution in [1.29, 1.82) is 0 Å². The van der Waals surface area contributed by atoms with Crippen LogP contribution >= 0.6 is 23.2 Å². The molecule has 0 radical (unpaired) electrons. The maximum atomic E-state index is 13.2. The zero-order chi connectivity index (χ0) is 24.1. The van der Waals surface area contributed by atoms with Crippen molar-refractivity contribution in [3.05, 3.63) is 103 Å². The van der Waals surface area contributed by atoms with Crippen molar-refractivity contribution >= 4 is 52.2 Å². The third-order valence-corrected chi connectivity index (χ3v) is 4.94. The molecule has 0 atom stereocenters. The summed E-state index contributed by atoms with van der Waals surface area (Å²) in [6, 6.07) is 12.7. The van der Waals surface area contributed by atoms with Crippen LogP contribution in [0.1, 0.15) is 26.3 Å². The molecular formula is C22H13Cl2FN2O6. The first-order chi connectivity index (χ1) is 15.7. The van der Waals surface area contributed by atoms with Crippen LogP contribution < -0.4 is 5.32 Å². The Balaban J connectivity index is 1.74. The Bertz CT molecular complexity index is 1280. The summed E-state index contributed by atoms with van der Waals surface area (Å²) in [5, 5.41) is 13.2. The first-order valence-electron chi connectivity index (χ1n) is 9.17. The molecule has 0 fully saturated rings. The molecule has 0 spiro atoms. The summed E-state index contributed by atoms with van der Waals surface area (Å²) in [6.45, 7) is -0.692. The number of nitro benzene ring substituents is 1. The summed E-state index contributed by atoms with van der Waals surface area (Å²) >= 11 is 11.4. The van der Waals surface area contributed by atoms with E-state index in [0.717, 1.165) is 12.1 Å². The van der Waals surface area contributed by atoms with Crippen LogP contribution in [0, 0.1) is 15.9 Å². The number of halogens is 3. The Kier molecular flexibility index (Phi) is 7.37. The van der Waals surface area contributed by atoms with Gasteiger partial charge in [-0.1, -0.05) is 41.4 Å². The van der Waals surface area contributed by atoms with Crippen molar-refractivity contribution in [3.63, 3.8) is 0 Å². The topological polar surface area (TPSA) is 116 Å². The molecule has 0 aliphatic heterocycles. The molecule has 3 rings (SSSR count). The minimum atomic E-state index is -0.963. The van der Waals surface area contributed by atoms with Crippen molar-refractivity contribution < 1.29 is 28.4 Å². The van der Waals surface area contributed by atoms with E-state index in [-0.39, 0.29) is 32.4 Å². The Morgan fingerprint density at radius 1 is 0.970 bits per heavy atom. The van der Waals surface area contributed by atoms with Crippen molar-refractivity contribution in [2.75, 3.05) is 11.9 Å². The highest BCUT2D eigenvalue weighted by molar-refractivity contribution is 6.33. The summed E-state index contributed by atoms with van der Waals surface area (Å²) in [4.78, 5) is 47.8. The number of carbonyl (C=O) groups excluding carboxylic acids is 3. The fraction of sp³-hybridized carbons (Fsp3) is 0.0455. The van der Waals surface area contributed by atoms with Crippen LogP contribution in [0.4, 0.5) is 15.8 Å². The number of amides is 1. The summed E-state index contributed by atoms with van der Waals surface area (Å²) < 4.78 is 18.2. The zero-order valence-electron chi connectivity index (χ0n) is 16.5. The van der Waals surface area contributed by atoms with E-state index >= 15 is 0 Å². The third-order valence-electron chi connectivity index (χ3n) is 4.33. The van der Waals surface area contributed by atoms with Gasteiger partial charge in [-0.2, -0.15) is 0 Å². The Morgan fingerprint density at radius 2 is 1.67 bits per heavy atom. The number of esters is 1. The highest BCUT2D eigenvalue weighted by Crippen LogP contribution is 2.27. The van der Waals surface area contributed by atoms with E-state index < -0.39 is 40.7 Å². The van der Waals surface area contributed by atoms with Gasteiger partial charge in [0.25, 0.3) is 11.6 Å². The second-order valence-corrected chi connectivity index (χ2v) is 7.37. The number of benzene rings is 3. The average molecular weight is 491 g/mol. The number of anilines is 1. The lowest BCUT2D eigenvalue weighted by atomic mass is 9.98. The van der Waals surface area contributed by atoms with Crippen molar-refractivity contribution in [3.8, 4) is 0 Å². The molecule has 11 heteroatoms. The number of carbonyl (C=O) groups is 3. The van der Waals surface area contributed by atoms with Gasteiger partial charge in [-0.15, -0.1) is 0 Å². The monoisotopic (exact) mass is 490 g/mol.